The maximum atomic E-state index is 12.4. The molecule has 21 heavy (non-hydrogen) atoms. The Bertz CT molecular complexity index is 481. The number of methoxy groups -OCH3 is 1. The van der Waals surface area contributed by atoms with Crippen molar-refractivity contribution in [2.75, 3.05) is 25.6 Å². The van der Waals surface area contributed by atoms with Gasteiger partial charge >= 0.3 is 0 Å². The fourth-order valence-corrected chi connectivity index (χ4v) is 2.49. The molecule has 4 nitrogen and oxygen atoms in total. The van der Waals surface area contributed by atoms with E-state index in [2.05, 4.69) is 24.5 Å². The van der Waals surface area contributed by atoms with E-state index < -0.39 is 0 Å². The zero-order chi connectivity index (χ0) is 15.3. The number of amides is 1. The Kier molecular flexibility index (Phi) is 5.23. The summed E-state index contributed by atoms with van der Waals surface area (Å²) in [5.74, 6) is 0.00226. The largest absolute Gasteiger partial charge is 0.385 e. The number of rotatable bonds is 8. The van der Waals surface area contributed by atoms with Gasteiger partial charge in [-0.2, -0.15) is 0 Å². The molecular weight excluding hydrogens is 264 g/mol. The summed E-state index contributed by atoms with van der Waals surface area (Å²) in [6.45, 7) is 5.64. The van der Waals surface area contributed by atoms with Crippen molar-refractivity contribution in [2.24, 2.45) is 5.41 Å². The SMILES string of the molecule is COCCC1(CNC(=O)c2ccccc2NC(C)C)CC1. The maximum absolute atomic E-state index is 12.4. The highest BCUT2D eigenvalue weighted by molar-refractivity contribution is 5.99. The quantitative estimate of drug-likeness (QED) is 0.773. The average molecular weight is 290 g/mol. The van der Waals surface area contributed by atoms with E-state index in [1.165, 1.54) is 12.8 Å². The Balaban J connectivity index is 1.94. The lowest BCUT2D eigenvalue weighted by Crippen LogP contribution is -2.31. The van der Waals surface area contributed by atoms with E-state index in [0.717, 1.165) is 25.3 Å². The highest BCUT2D eigenvalue weighted by atomic mass is 16.5. The molecule has 1 fully saturated rings. The van der Waals surface area contributed by atoms with Crippen molar-refractivity contribution < 1.29 is 9.53 Å². The first-order chi connectivity index (χ1) is 10.1. The predicted molar refractivity (Wildman–Crippen MR) is 85.7 cm³/mol. The van der Waals surface area contributed by atoms with Crippen molar-refractivity contribution in [3.63, 3.8) is 0 Å². The molecule has 0 unspecified atom stereocenters. The molecule has 0 aromatic heterocycles. The predicted octanol–water partition coefficient (Wildman–Crippen LogP) is 3.05. The lowest BCUT2D eigenvalue weighted by atomic mass is 10.0. The van der Waals surface area contributed by atoms with Crippen LogP contribution in [0.15, 0.2) is 24.3 Å². The lowest BCUT2D eigenvalue weighted by Gasteiger charge is -2.18. The van der Waals surface area contributed by atoms with Gasteiger partial charge in [-0.1, -0.05) is 12.1 Å². The number of para-hydroxylation sites is 1. The van der Waals surface area contributed by atoms with Crippen LogP contribution in [-0.2, 0) is 4.74 Å². The second-order valence-corrected chi connectivity index (χ2v) is 6.27. The van der Waals surface area contributed by atoms with Crippen LogP contribution < -0.4 is 10.6 Å². The first kappa shape index (κ1) is 15.8. The average Bonchev–Trinajstić information content (AvgIpc) is 3.23. The number of nitrogens with one attached hydrogen (secondary N) is 2. The standard InChI is InChI=1S/C17H26N2O2/c1-13(2)19-15-7-5-4-6-14(15)16(20)18-12-17(8-9-17)10-11-21-3/h4-7,13,19H,8-12H2,1-3H3,(H,18,20). The Morgan fingerprint density at radius 1 is 1.33 bits per heavy atom. The second-order valence-electron chi connectivity index (χ2n) is 6.27. The van der Waals surface area contributed by atoms with E-state index in [1.807, 2.05) is 24.3 Å². The molecule has 1 amide bonds. The number of carbonyl (C=O) groups excluding carboxylic acids is 1. The number of ether oxygens (including phenoxy) is 1. The van der Waals surface area contributed by atoms with E-state index >= 15 is 0 Å². The smallest absolute Gasteiger partial charge is 0.253 e. The highest BCUT2D eigenvalue weighted by Crippen LogP contribution is 2.48. The minimum Gasteiger partial charge on any atom is -0.385 e. The van der Waals surface area contributed by atoms with E-state index in [-0.39, 0.29) is 11.3 Å². The van der Waals surface area contributed by atoms with Gasteiger partial charge in [0.25, 0.3) is 5.91 Å². The van der Waals surface area contributed by atoms with Gasteiger partial charge in [0.05, 0.1) is 5.56 Å². The molecule has 1 saturated carbocycles. The van der Waals surface area contributed by atoms with Crippen LogP contribution in [0.25, 0.3) is 0 Å². The normalized spacial score (nSPS) is 15.8. The Labute approximate surface area is 127 Å². The number of carbonyl (C=O) groups is 1. The summed E-state index contributed by atoms with van der Waals surface area (Å²) in [6.07, 6.45) is 3.39. The summed E-state index contributed by atoms with van der Waals surface area (Å²) in [4.78, 5) is 12.4. The molecule has 0 heterocycles. The fourth-order valence-electron chi connectivity index (χ4n) is 2.49. The molecule has 1 aromatic rings. The van der Waals surface area contributed by atoms with Crippen molar-refractivity contribution in [1.29, 1.82) is 0 Å². The van der Waals surface area contributed by atoms with Crippen molar-refractivity contribution in [3.8, 4) is 0 Å². The number of benzene rings is 1. The zero-order valence-electron chi connectivity index (χ0n) is 13.2. The third-order valence-corrected chi connectivity index (χ3v) is 4.03. The summed E-state index contributed by atoms with van der Waals surface area (Å²) in [7, 11) is 1.72. The molecule has 116 valence electrons. The molecule has 0 radical (unpaired) electrons. The van der Waals surface area contributed by atoms with Crippen LogP contribution in [0.4, 0.5) is 5.69 Å². The maximum Gasteiger partial charge on any atom is 0.253 e. The first-order valence-corrected chi connectivity index (χ1v) is 7.69. The molecule has 2 N–H and O–H groups in total. The van der Waals surface area contributed by atoms with Crippen LogP contribution in [0.2, 0.25) is 0 Å². The topological polar surface area (TPSA) is 50.4 Å². The lowest BCUT2D eigenvalue weighted by molar-refractivity contribution is 0.0938. The Morgan fingerprint density at radius 3 is 2.67 bits per heavy atom. The molecule has 0 spiro atoms. The first-order valence-electron chi connectivity index (χ1n) is 7.69. The Morgan fingerprint density at radius 2 is 2.05 bits per heavy atom. The van der Waals surface area contributed by atoms with Crippen molar-refractivity contribution in [3.05, 3.63) is 29.8 Å². The highest BCUT2D eigenvalue weighted by Gasteiger charge is 2.42. The zero-order valence-corrected chi connectivity index (χ0v) is 13.2. The molecule has 0 saturated heterocycles. The minimum atomic E-state index is 0.00226. The molecule has 0 atom stereocenters. The van der Waals surface area contributed by atoms with E-state index in [4.69, 9.17) is 4.74 Å². The monoisotopic (exact) mass is 290 g/mol. The van der Waals surface area contributed by atoms with Crippen molar-refractivity contribution in [1.82, 2.24) is 5.32 Å². The molecule has 1 aromatic carbocycles. The van der Waals surface area contributed by atoms with Crippen molar-refractivity contribution in [2.45, 2.75) is 39.2 Å². The summed E-state index contributed by atoms with van der Waals surface area (Å²) in [6, 6.07) is 7.97. The second kappa shape index (κ2) is 6.94. The van der Waals surface area contributed by atoms with Gasteiger partial charge in [0.15, 0.2) is 0 Å². The summed E-state index contributed by atoms with van der Waals surface area (Å²) in [5, 5.41) is 6.41. The van der Waals surface area contributed by atoms with E-state index in [1.54, 1.807) is 7.11 Å². The van der Waals surface area contributed by atoms with E-state index in [0.29, 0.717) is 11.6 Å². The van der Waals surface area contributed by atoms with Crippen LogP contribution in [-0.4, -0.2) is 32.2 Å². The van der Waals surface area contributed by atoms with Gasteiger partial charge in [-0.3, -0.25) is 4.79 Å². The van der Waals surface area contributed by atoms with Crippen LogP contribution in [0.5, 0.6) is 0 Å². The summed E-state index contributed by atoms with van der Waals surface area (Å²) >= 11 is 0. The molecule has 1 aliphatic rings. The van der Waals surface area contributed by atoms with Gasteiger partial charge in [-0.25, -0.2) is 0 Å². The van der Waals surface area contributed by atoms with Crippen LogP contribution in [0.3, 0.4) is 0 Å². The summed E-state index contributed by atoms with van der Waals surface area (Å²) in [5.41, 5.74) is 1.88. The van der Waals surface area contributed by atoms with Gasteiger partial charge < -0.3 is 15.4 Å². The molecule has 0 aliphatic heterocycles. The van der Waals surface area contributed by atoms with Crippen LogP contribution >= 0.6 is 0 Å². The van der Waals surface area contributed by atoms with Gasteiger partial charge in [0.1, 0.15) is 0 Å². The van der Waals surface area contributed by atoms with Crippen LogP contribution in [0, 0.1) is 5.41 Å². The molecular formula is C17H26N2O2. The van der Waals surface area contributed by atoms with Gasteiger partial charge in [0, 0.05) is 32.0 Å². The molecule has 2 rings (SSSR count). The van der Waals surface area contributed by atoms with E-state index in [9.17, 15) is 4.79 Å². The van der Waals surface area contributed by atoms with Gasteiger partial charge in [-0.05, 0) is 50.7 Å². The fraction of sp³-hybridized carbons (Fsp3) is 0.588. The number of anilines is 1. The third-order valence-electron chi connectivity index (χ3n) is 4.03. The number of hydrogen-bond acceptors (Lipinski definition) is 3. The Hall–Kier alpha value is -1.55. The molecule has 1 aliphatic carbocycles. The third kappa shape index (κ3) is 4.46. The van der Waals surface area contributed by atoms with Crippen molar-refractivity contribution >= 4 is 11.6 Å². The van der Waals surface area contributed by atoms with Gasteiger partial charge in [0.2, 0.25) is 0 Å². The van der Waals surface area contributed by atoms with Gasteiger partial charge in [-0.15, -0.1) is 0 Å². The minimum absolute atomic E-state index is 0.00226. The molecule has 4 heteroatoms. The summed E-state index contributed by atoms with van der Waals surface area (Å²) < 4.78 is 5.15. The molecule has 0 bridgehead atoms. The number of hydrogen-bond donors (Lipinski definition) is 2. The van der Waals surface area contributed by atoms with Crippen LogP contribution in [0.1, 0.15) is 43.5 Å².